The molecule has 0 spiro atoms. The molecule has 0 aliphatic heterocycles. The molecule has 1 heterocycles. The van der Waals surface area contributed by atoms with Gasteiger partial charge in [-0.25, -0.2) is 4.68 Å². The third-order valence-electron chi connectivity index (χ3n) is 2.63. The predicted molar refractivity (Wildman–Crippen MR) is 74.5 cm³/mol. The van der Waals surface area contributed by atoms with Gasteiger partial charge in [-0.3, -0.25) is 0 Å². The Morgan fingerprint density at radius 3 is 2.95 bits per heavy atom. The summed E-state index contributed by atoms with van der Waals surface area (Å²) >= 11 is 0. The van der Waals surface area contributed by atoms with Crippen molar-refractivity contribution in [1.29, 1.82) is 0 Å². The molecule has 0 fully saturated rings. The molecule has 2 aromatic rings. The molecule has 0 unspecified atom stereocenters. The molecule has 19 heavy (non-hydrogen) atoms. The van der Waals surface area contributed by atoms with Crippen LogP contribution in [0.15, 0.2) is 30.5 Å². The molecule has 0 atom stereocenters. The maximum Gasteiger partial charge on any atom is 0.121 e. The van der Waals surface area contributed by atoms with E-state index in [-0.39, 0.29) is 0 Å². The number of aromatic nitrogens is 3. The minimum Gasteiger partial charge on any atom is -0.494 e. The van der Waals surface area contributed by atoms with Crippen LogP contribution < -0.4 is 10.1 Å². The largest absolute Gasteiger partial charge is 0.494 e. The maximum absolute atomic E-state index is 5.48. The SMILES string of the molecule is CCOc1cccc(-n2cc(CNC(C)C)nn2)c1. The number of ether oxygens (including phenoxy) is 1. The molecule has 0 bridgehead atoms. The highest BCUT2D eigenvalue weighted by molar-refractivity contribution is 5.38. The summed E-state index contributed by atoms with van der Waals surface area (Å²) in [7, 11) is 0. The average molecular weight is 260 g/mol. The van der Waals surface area contributed by atoms with E-state index < -0.39 is 0 Å². The summed E-state index contributed by atoms with van der Waals surface area (Å²) in [6, 6.07) is 8.26. The molecular formula is C14H20N4O. The molecule has 1 N–H and O–H groups in total. The molecule has 0 aliphatic rings. The first-order chi connectivity index (χ1) is 9.19. The molecular weight excluding hydrogens is 240 g/mol. The van der Waals surface area contributed by atoms with Gasteiger partial charge in [0.1, 0.15) is 5.75 Å². The summed E-state index contributed by atoms with van der Waals surface area (Å²) < 4.78 is 7.24. The van der Waals surface area contributed by atoms with E-state index in [1.54, 1.807) is 4.68 Å². The van der Waals surface area contributed by atoms with Gasteiger partial charge in [-0.15, -0.1) is 5.10 Å². The van der Waals surface area contributed by atoms with Crippen LogP contribution in [0.25, 0.3) is 5.69 Å². The van der Waals surface area contributed by atoms with E-state index in [9.17, 15) is 0 Å². The number of benzene rings is 1. The van der Waals surface area contributed by atoms with Gasteiger partial charge in [0.15, 0.2) is 0 Å². The Morgan fingerprint density at radius 1 is 1.37 bits per heavy atom. The van der Waals surface area contributed by atoms with Crippen LogP contribution in [0.2, 0.25) is 0 Å². The zero-order valence-corrected chi connectivity index (χ0v) is 11.6. The van der Waals surface area contributed by atoms with Crippen LogP contribution in [-0.2, 0) is 6.54 Å². The van der Waals surface area contributed by atoms with Crippen molar-refractivity contribution in [3.05, 3.63) is 36.2 Å². The second-order valence-electron chi connectivity index (χ2n) is 4.62. The number of hydrogen-bond donors (Lipinski definition) is 1. The summed E-state index contributed by atoms with van der Waals surface area (Å²) in [4.78, 5) is 0. The molecule has 1 aromatic heterocycles. The Hall–Kier alpha value is -1.88. The maximum atomic E-state index is 5.48. The van der Waals surface area contributed by atoms with E-state index in [2.05, 4.69) is 29.5 Å². The van der Waals surface area contributed by atoms with Crippen LogP contribution in [0.4, 0.5) is 0 Å². The summed E-state index contributed by atoms with van der Waals surface area (Å²) in [5, 5.41) is 11.6. The lowest BCUT2D eigenvalue weighted by Gasteiger charge is -2.05. The van der Waals surface area contributed by atoms with Crippen LogP contribution in [0.3, 0.4) is 0 Å². The van der Waals surface area contributed by atoms with Crippen molar-refractivity contribution in [2.45, 2.75) is 33.4 Å². The van der Waals surface area contributed by atoms with Crippen LogP contribution in [0, 0.1) is 0 Å². The van der Waals surface area contributed by atoms with Gasteiger partial charge in [0.25, 0.3) is 0 Å². The Kier molecular flexibility index (Phi) is 4.52. The van der Waals surface area contributed by atoms with E-state index >= 15 is 0 Å². The highest BCUT2D eigenvalue weighted by atomic mass is 16.5. The van der Waals surface area contributed by atoms with E-state index in [0.29, 0.717) is 12.6 Å². The van der Waals surface area contributed by atoms with Crippen molar-refractivity contribution in [1.82, 2.24) is 20.3 Å². The Labute approximate surface area is 113 Å². The molecule has 1 aromatic carbocycles. The molecule has 2 rings (SSSR count). The second-order valence-corrected chi connectivity index (χ2v) is 4.62. The van der Waals surface area contributed by atoms with Gasteiger partial charge in [0, 0.05) is 18.7 Å². The molecule has 0 radical (unpaired) electrons. The lowest BCUT2D eigenvalue weighted by atomic mass is 10.3. The molecule has 0 aliphatic carbocycles. The molecule has 0 saturated heterocycles. The minimum atomic E-state index is 0.437. The Bertz CT molecular complexity index is 522. The van der Waals surface area contributed by atoms with Gasteiger partial charge in [0.2, 0.25) is 0 Å². The summed E-state index contributed by atoms with van der Waals surface area (Å²) in [5.74, 6) is 0.845. The zero-order chi connectivity index (χ0) is 13.7. The lowest BCUT2D eigenvalue weighted by Crippen LogP contribution is -2.21. The van der Waals surface area contributed by atoms with Crippen molar-refractivity contribution >= 4 is 0 Å². The first-order valence-electron chi connectivity index (χ1n) is 6.57. The van der Waals surface area contributed by atoms with Crippen molar-refractivity contribution in [3.8, 4) is 11.4 Å². The summed E-state index contributed by atoms with van der Waals surface area (Å²) in [6.07, 6.45) is 1.93. The van der Waals surface area contributed by atoms with Crippen molar-refractivity contribution < 1.29 is 4.74 Å². The third-order valence-corrected chi connectivity index (χ3v) is 2.63. The minimum absolute atomic E-state index is 0.437. The van der Waals surface area contributed by atoms with Gasteiger partial charge in [-0.05, 0) is 19.1 Å². The van der Waals surface area contributed by atoms with E-state index in [0.717, 1.165) is 23.7 Å². The van der Waals surface area contributed by atoms with E-state index in [1.165, 1.54) is 0 Å². The highest BCUT2D eigenvalue weighted by Crippen LogP contribution is 2.16. The zero-order valence-electron chi connectivity index (χ0n) is 11.6. The van der Waals surface area contributed by atoms with E-state index in [4.69, 9.17) is 4.74 Å². The molecule has 5 heteroatoms. The van der Waals surface area contributed by atoms with Gasteiger partial charge >= 0.3 is 0 Å². The second kappa shape index (κ2) is 6.33. The molecule has 102 valence electrons. The fraction of sp³-hybridized carbons (Fsp3) is 0.429. The van der Waals surface area contributed by atoms with Crippen LogP contribution in [0.5, 0.6) is 5.75 Å². The van der Waals surface area contributed by atoms with Crippen LogP contribution in [0.1, 0.15) is 26.5 Å². The van der Waals surface area contributed by atoms with Gasteiger partial charge in [-0.2, -0.15) is 0 Å². The van der Waals surface area contributed by atoms with Gasteiger partial charge in [0.05, 0.1) is 24.2 Å². The predicted octanol–water partition coefficient (Wildman–Crippen LogP) is 2.16. The first kappa shape index (κ1) is 13.5. The number of hydrogen-bond acceptors (Lipinski definition) is 4. The Balaban J connectivity index is 2.11. The van der Waals surface area contributed by atoms with E-state index in [1.807, 2.05) is 37.4 Å². The van der Waals surface area contributed by atoms with Gasteiger partial charge < -0.3 is 10.1 Å². The third kappa shape index (κ3) is 3.79. The topological polar surface area (TPSA) is 52.0 Å². The van der Waals surface area contributed by atoms with Crippen molar-refractivity contribution in [2.75, 3.05) is 6.61 Å². The number of rotatable bonds is 6. The standard InChI is InChI=1S/C14H20N4O/c1-4-19-14-7-5-6-13(8-14)18-10-12(16-17-18)9-15-11(2)3/h5-8,10-11,15H,4,9H2,1-3H3. The monoisotopic (exact) mass is 260 g/mol. The molecule has 0 saturated carbocycles. The average Bonchev–Trinajstić information content (AvgIpc) is 2.86. The lowest BCUT2D eigenvalue weighted by molar-refractivity contribution is 0.340. The van der Waals surface area contributed by atoms with Crippen LogP contribution >= 0.6 is 0 Å². The van der Waals surface area contributed by atoms with Gasteiger partial charge in [-0.1, -0.05) is 25.1 Å². The number of nitrogens with zero attached hydrogens (tertiary/aromatic N) is 3. The first-order valence-corrected chi connectivity index (χ1v) is 6.57. The highest BCUT2D eigenvalue weighted by Gasteiger charge is 2.04. The summed E-state index contributed by atoms with van der Waals surface area (Å²) in [5.41, 5.74) is 1.88. The van der Waals surface area contributed by atoms with Crippen molar-refractivity contribution in [3.63, 3.8) is 0 Å². The quantitative estimate of drug-likeness (QED) is 0.864. The van der Waals surface area contributed by atoms with Crippen molar-refractivity contribution in [2.24, 2.45) is 0 Å². The van der Waals surface area contributed by atoms with Crippen LogP contribution in [-0.4, -0.2) is 27.6 Å². The fourth-order valence-electron chi connectivity index (χ4n) is 1.70. The molecule has 0 amide bonds. The Morgan fingerprint density at radius 2 is 2.21 bits per heavy atom. The molecule has 5 nitrogen and oxygen atoms in total. The smallest absolute Gasteiger partial charge is 0.121 e. The number of nitrogens with one attached hydrogen (secondary N) is 1. The summed E-state index contributed by atoms with van der Waals surface area (Å²) in [6.45, 7) is 7.57. The normalized spacial score (nSPS) is 10.9. The fourth-order valence-corrected chi connectivity index (χ4v) is 1.70.